The van der Waals surface area contributed by atoms with Crippen molar-refractivity contribution < 1.29 is 9.90 Å². The average Bonchev–Trinajstić information content (AvgIpc) is 2.57. The summed E-state index contributed by atoms with van der Waals surface area (Å²) in [6.07, 6.45) is -0.0142. The summed E-state index contributed by atoms with van der Waals surface area (Å²) in [5.74, 6) is 0.248. The van der Waals surface area contributed by atoms with Gasteiger partial charge >= 0.3 is 0 Å². The van der Waals surface area contributed by atoms with Crippen LogP contribution >= 0.6 is 24.0 Å². The number of thiocarbonyl (C=S) groups is 1. The van der Waals surface area contributed by atoms with Gasteiger partial charge in [-0.1, -0.05) is 66.8 Å². The van der Waals surface area contributed by atoms with Gasteiger partial charge in [0.1, 0.15) is 0 Å². The van der Waals surface area contributed by atoms with Gasteiger partial charge in [-0.3, -0.25) is 4.79 Å². The number of hydrogen-bond acceptors (Lipinski definition) is 4. The first-order valence-corrected chi connectivity index (χ1v) is 8.59. The van der Waals surface area contributed by atoms with Crippen molar-refractivity contribution in [2.24, 2.45) is 5.92 Å². The zero-order valence-corrected chi connectivity index (χ0v) is 13.6. The first kappa shape index (κ1) is 15.4. The summed E-state index contributed by atoms with van der Waals surface area (Å²) >= 11 is 6.71. The van der Waals surface area contributed by atoms with Gasteiger partial charge < -0.3 is 5.11 Å². The van der Waals surface area contributed by atoms with Crippen LogP contribution in [0, 0.1) is 5.92 Å². The van der Waals surface area contributed by atoms with Gasteiger partial charge in [-0.05, 0) is 17.5 Å². The lowest BCUT2D eigenvalue weighted by atomic mass is 9.92. The molecule has 0 aliphatic carbocycles. The van der Waals surface area contributed by atoms with E-state index in [2.05, 4.69) is 0 Å². The van der Waals surface area contributed by atoms with E-state index in [1.807, 2.05) is 54.6 Å². The fraction of sp³-hybridized carbons (Fsp3) is 0.222. The SMILES string of the molecule is O=C(c1ccc(-c2ccccc2)cc1)C1CC(O)CSC1=S. The Balaban J connectivity index is 1.80. The summed E-state index contributed by atoms with van der Waals surface area (Å²) < 4.78 is 0.697. The van der Waals surface area contributed by atoms with Crippen molar-refractivity contribution in [2.75, 3.05) is 5.75 Å². The number of carbonyl (C=O) groups is 1. The molecule has 1 heterocycles. The predicted molar refractivity (Wildman–Crippen MR) is 95.4 cm³/mol. The third kappa shape index (κ3) is 3.29. The Bertz CT molecular complexity index is 680. The topological polar surface area (TPSA) is 37.3 Å². The van der Waals surface area contributed by atoms with E-state index >= 15 is 0 Å². The molecule has 2 atom stereocenters. The number of aliphatic hydroxyl groups is 1. The highest BCUT2D eigenvalue weighted by Crippen LogP contribution is 2.30. The highest BCUT2D eigenvalue weighted by molar-refractivity contribution is 8.23. The number of benzene rings is 2. The van der Waals surface area contributed by atoms with Gasteiger partial charge in [0.05, 0.1) is 16.2 Å². The lowest BCUT2D eigenvalue weighted by Crippen LogP contribution is -2.32. The summed E-state index contributed by atoms with van der Waals surface area (Å²) in [5.41, 5.74) is 2.86. The minimum Gasteiger partial charge on any atom is -0.392 e. The zero-order valence-electron chi connectivity index (χ0n) is 11.9. The van der Waals surface area contributed by atoms with E-state index in [1.54, 1.807) is 0 Å². The zero-order chi connectivity index (χ0) is 15.5. The number of ketones is 1. The summed E-state index contributed by atoms with van der Waals surface area (Å²) in [6.45, 7) is 0. The Hall–Kier alpha value is -1.49. The molecule has 3 rings (SSSR count). The van der Waals surface area contributed by atoms with E-state index in [9.17, 15) is 9.90 Å². The van der Waals surface area contributed by atoms with Crippen molar-refractivity contribution in [3.8, 4) is 11.1 Å². The maximum atomic E-state index is 12.6. The second-order valence-electron chi connectivity index (χ2n) is 5.38. The van der Waals surface area contributed by atoms with Crippen LogP contribution in [0.3, 0.4) is 0 Å². The van der Waals surface area contributed by atoms with Gasteiger partial charge in [0.2, 0.25) is 0 Å². The minimum atomic E-state index is -0.450. The van der Waals surface area contributed by atoms with Crippen LogP contribution in [0.1, 0.15) is 16.8 Å². The van der Waals surface area contributed by atoms with Crippen LogP contribution in [-0.4, -0.2) is 26.9 Å². The Morgan fingerprint density at radius 3 is 2.36 bits per heavy atom. The average molecular weight is 328 g/mol. The molecular formula is C18H16O2S2. The Morgan fingerprint density at radius 2 is 1.68 bits per heavy atom. The van der Waals surface area contributed by atoms with Gasteiger partial charge in [0.25, 0.3) is 0 Å². The van der Waals surface area contributed by atoms with Crippen LogP contribution < -0.4 is 0 Å². The number of thioether (sulfide) groups is 1. The fourth-order valence-corrected chi connectivity index (χ4v) is 3.89. The predicted octanol–water partition coefficient (Wildman–Crippen LogP) is 3.98. The summed E-state index contributed by atoms with van der Waals surface area (Å²) in [4.78, 5) is 12.6. The maximum Gasteiger partial charge on any atom is 0.171 e. The number of hydrogen-bond donors (Lipinski definition) is 1. The summed E-state index contributed by atoms with van der Waals surface area (Å²) in [6, 6.07) is 17.7. The van der Waals surface area contributed by atoms with Gasteiger partial charge in [-0.25, -0.2) is 0 Å². The standard InChI is InChI=1S/C18H16O2S2/c19-15-10-16(18(21)22-11-15)17(20)14-8-6-13(7-9-14)12-4-2-1-3-5-12/h1-9,15-16,19H,10-11H2. The Kier molecular flexibility index (Phi) is 4.71. The first-order chi connectivity index (χ1) is 10.6. The third-order valence-electron chi connectivity index (χ3n) is 3.80. The molecule has 0 saturated carbocycles. The van der Waals surface area contributed by atoms with Crippen molar-refractivity contribution >= 4 is 34.0 Å². The molecule has 2 nitrogen and oxygen atoms in total. The van der Waals surface area contributed by atoms with Gasteiger partial charge in [0, 0.05) is 11.3 Å². The second-order valence-corrected chi connectivity index (χ2v) is 7.14. The van der Waals surface area contributed by atoms with Crippen molar-refractivity contribution in [2.45, 2.75) is 12.5 Å². The van der Waals surface area contributed by atoms with E-state index in [0.29, 0.717) is 21.9 Å². The maximum absolute atomic E-state index is 12.6. The van der Waals surface area contributed by atoms with Gasteiger partial charge in [-0.2, -0.15) is 0 Å². The van der Waals surface area contributed by atoms with Crippen molar-refractivity contribution in [3.63, 3.8) is 0 Å². The fourth-order valence-electron chi connectivity index (χ4n) is 2.59. The molecule has 0 bridgehead atoms. The lowest BCUT2D eigenvalue weighted by molar-refractivity contribution is 0.0908. The van der Waals surface area contributed by atoms with Gasteiger partial charge in [-0.15, -0.1) is 11.8 Å². The molecule has 22 heavy (non-hydrogen) atoms. The lowest BCUT2D eigenvalue weighted by Gasteiger charge is -2.25. The Morgan fingerprint density at radius 1 is 1.05 bits per heavy atom. The smallest absolute Gasteiger partial charge is 0.171 e. The van der Waals surface area contributed by atoms with E-state index in [-0.39, 0.29) is 11.7 Å². The Labute approximate surface area is 139 Å². The van der Waals surface area contributed by atoms with Crippen LogP contribution in [0.15, 0.2) is 54.6 Å². The van der Waals surface area contributed by atoms with Crippen molar-refractivity contribution in [1.82, 2.24) is 0 Å². The highest BCUT2D eigenvalue weighted by Gasteiger charge is 2.31. The summed E-state index contributed by atoms with van der Waals surface area (Å²) in [7, 11) is 0. The van der Waals surface area contributed by atoms with Crippen LogP contribution in [-0.2, 0) is 0 Å². The second kappa shape index (κ2) is 6.73. The number of carbonyl (C=O) groups excluding carboxylic acids is 1. The highest BCUT2D eigenvalue weighted by atomic mass is 32.2. The van der Waals surface area contributed by atoms with Crippen LogP contribution in [0.5, 0.6) is 0 Å². The molecule has 2 unspecified atom stereocenters. The van der Waals surface area contributed by atoms with Crippen LogP contribution in [0.25, 0.3) is 11.1 Å². The molecule has 0 spiro atoms. The summed E-state index contributed by atoms with van der Waals surface area (Å²) in [5, 5.41) is 9.75. The van der Waals surface area contributed by atoms with Crippen molar-refractivity contribution in [3.05, 3.63) is 60.2 Å². The van der Waals surface area contributed by atoms with Crippen LogP contribution in [0.4, 0.5) is 0 Å². The molecule has 1 saturated heterocycles. The first-order valence-electron chi connectivity index (χ1n) is 7.19. The molecule has 112 valence electrons. The minimum absolute atomic E-state index is 0.0101. The van der Waals surface area contributed by atoms with E-state index in [0.717, 1.165) is 11.1 Å². The monoisotopic (exact) mass is 328 g/mol. The molecule has 4 heteroatoms. The molecule has 0 radical (unpaired) electrons. The van der Waals surface area contributed by atoms with Crippen molar-refractivity contribution in [1.29, 1.82) is 0 Å². The molecular weight excluding hydrogens is 312 g/mol. The normalized spacial score (nSPS) is 21.6. The number of Topliss-reactive ketones (excluding diaryl/α,β-unsaturated/α-hetero) is 1. The van der Waals surface area contributed by atoms with Gasteiger partial charge in [0.15, 0.2) is 5.78 Å². The molecule has 1 fully saturated rings. The van der Waals surface area contributed by atoms with E-state index in [1.165, 1.54) is 11.8 Å². The number of rotatable bonds is 3. The molecule has 1 aliphatic heterocycles. The number of aliphatic hydroxyl groups excluding tert-OH is 1. The van der Waals surface area contributed by atoms with Crippen LogP contribution in [0.2, 0.25) is 0 Å². The van der Waals surface area contributed by atoms with E-state index < -0.39 is 6.10 Å². The molecule has 2 aromatic rings. The quantitative estimate of drug-likeness (QED) is 0.683. The molecule has 1 N–H and O–H groups in total. The van der Waals surface area contributed by atoms with E-state index in [4.69, 9.17) is 12.2 Å². The third-order valence-corrected chi connectivity index (χ3v) is 5.56. The molecule has 2 aromatic carbocycles. The molecule has 1 aliphatic rings. The largest absolute Gasteiger partial charge is 0.392 e. The molecule has 0 amide bonds. The molecule has 0 aromatic heterocycles.